The van der Waals surface area contributed by atoms with E-state index >= 15 is 0 Å². The first-order valence-corrected chi connectivity index (χ1v) is 5.72. The third kappa shape index (κ3) is 2.28. The number of nitrogen functional groups attached to an aromatic ring is 1. The van der Waals surface area contributed by atoms with Crippen molar-refractivity contribution in [3.8, 4) is 0 Å². The molecule has 1 amide bonds. The summed E-state index contributed by atoms with van der Waals surface area (Å²) in [4.78, 5) is 17.7. The van der Waals surface area contributed by atoms with Gasteiger partial charge in [0.15, 0.2) is 5.82 Å². The van der Waals surface area contributed by atoms with Crippen molar-refractivity contribution in [3.05, 3.63) is 53.2 Å². The van der Waals surface area contributed by atoms with Crippen LogP contribution in [0, 0.1) is 0 Å². The lowest BCUT2D eigenvalue weighted by atomic mass is 10.2. The highest BCUT2D eigenvalue weighted by atomic mass is 35.5. The summed E-state index contributed by atoms with van der Waals surface area (Å²) < 4.78 is 0. The molecule has 92 valence electrons. The molecular formula is C13H12ClN3O. The van der Waals surface area contributed by atoms with Gasteiger partial charge in [-0.25, -0.2) is 4.98 Å². The van der Waals surface area contributed by atoms with Crippen LogP contribution in [-0.2, 0) is 0 Å². The van der Waals surface area contributed by atoms with Gasteiger partial charge in [0, 0.05) is 13.2 Å². The number of aromatic nitrogens is 1. The van der Waals surface area contributed by atoms with Crippen molar-refractivity contribution in [1.29, 1.82) is 0 Å². The van der Waals surface area contributed by atoms with E-state index in [1.165, 1.54) is 4.90 Å². The molecule has 0 saturated carbocycles. The summed E-state index contributed by atoms with van der Waals surface area (Å²) in [6, 6.07) is 10.3. The molecule has 4 nitrogen and oxygen atoms in total. The highest BCUT2D eigenvalue weighted by Gasteiger charge is 2.18. The van der Waals surface area contributed by atoms with E-state index in [2.05, 4.69) is 4.98 Å². The molecule has 0 fully saturated rings. The monoisotopic (exact) mass is 261 g/mol. The molecule has 0 unspecified atom stereocenters. The van der Waals surface area contributed by atoms with Crippen molar-refractivity contribution in [3.63, 3.8) is 0 Å². The molecule has 5 heteroatoms. The summed E-state index contributed by atoms with van der Waals surface area (Å²) >= 11 is 5.99. The van der Waals surface area contributed by atoms with E-state index < -0.39 is 0 Å². The minimum absolute atomic E-state index is 0.244. The molecule has 0 saturated heterocycles. The molecule has 0 aliphatic carbocycles. The van der Waals surface area contributed by atoms with E-state index in [4.69, 9.17) is 17.3 Å². The van der Waals surface area contributed by atoms with Crippen LogP contribution in [0.2, 0.25) is 5.02 Å². The van der Waals surface area contributed by atoms with E-state index in [9.17, 15) is 4.79 Å². The summed E-state index contributed by atoms with van der Waals surface area (Å²) in [5.41, 5.74) is 6.65. The Labute approximate surface area is 110 Å². The number of carbonyl (C=O) groups is 1. The fourth-order valence-corrected chi connectivity index (χ4v) is 1.82. The number of halogens is 1. The van der Waals surface area contributed by atoms with Crippen LogP contribution in [0.5, 0.6) is 0 Å². The van der Waals surface area contributed by atoms with Crippen LogP contribution in [0.15, 0.2) is 42.6 Å². The minimum atomic E-state index is -0.244. The Hall–Kier alpha value is -2.07. The van der Waals surface area contributed by atoms with Gasteiger partial charge in [-0.15, -0.1) is 0 Å². The number of carbonyl (C=O) groups excluding carboxylic acids is 1. The lowest BCUT2D eigenvalue weighted by Gasteiger charge is -2.18. The van der Waals surface area contributed by atoms with Crippen LogP contribution in [0.3, 0.4) is 0 Å². The molecule has 2 N–H and O–H groups in total. The van der Waals surface area contributed by atoms with Crippen LogP contribution >= 0.6 is 11.6 Å². The Bertz CT molecular complexity index is 586. The molecule has 18 heavy (non-hydrogen) atoms. The van der Waals surface area contributed by atoms with E-state index in [-0.39, 0.29) is 5.91 Å². The number of anilines is 2. The largest absolute Gasteiger partial charge is 0.396 e. The van der Waals surface area contributed by atoms with Gasteiger partial charge in [0.05, 0.1) is 16.3 Å². The molecule has 0 aliphatic heterocycles. The molecule has 0 atom stereocenters. The van der Waals surface area contributed by atoms with Gasteiger partial charge in [0.2, 0.25) is 0 Å². The van der Waals surface area contributed by atoms with Gasteiger partial charge in [-0.3, -0.25) is 9.69 Å². The lowest BCUT2D eigenvalue weighted by molar-refractivity contribution is 0.0992. The quantitative estimate of drug-likeness (QED) is 0.904. The molecule has 2 rings (SSSR count). The normalized spacial score (nSPS) is 10.1. The third-order valence-corrected chi connectivity index (χ3v) is 2.87. The molecule has 0 radical (unpaired) electrons. The maximum atomic E-state index is 12.3. The third-order valence-electron chi connectivity index (χ3n) is 2.54. The summed E-state index contributed by atoms with van der Waals surface area (Å²) in [6.45, 7) is 0. The second-order valence-corrected chi connectivity index (χ2v) is 4.17. The first-order chi connectivity index (χ1) is 8.61. The maximum Gasteiger partial charge on any atom is 0.260 e. The molecule has 1 aromatic heterocycles. The van der Waals surface area contributed by atoms with Gasteiger partial charge in [-0.1, -0.05) is 23.7 Å². The minimum Gasteiger partial charge on any atom is -0.396 e. The molecule has 1 aromatic carbocycles. The Balaban J connectivity index is 2.36. The van der Waals surface area contributed by atoms with Crippen LogP contribution in [0.1, 0.15) is 10.4 Å². The van der Waals surface area contributed by atoms with Crippen molar-refractivity contribution in [2.45, 2.75) is 0 Å². The Morgan fingerprint density at radius 3 is 2.67 bits per heavy atom. The summed E-state index contributed by atoms with van der Waals surface area (Å²) in [5.74, 6) is 0.174. The number of nitrogens with two attached hydrogens (primary N) is 1. The van der Waals surface area contributed by atoms with Crippen molar-refractivity contribution in [2.24, 2.45) is 0 Å². The van der Waals surface area contributed by atoms with Gasteiger partial charge in [0.25, 0.3) is 5.91 Å². The summed E-state index contributed by atoms with van der Waals surface area (Å²) in [7, 11) is 1.62. The maximum absolute atomic E-state index is 12.3. The molecule has 0 bridgehead atoms. The zero-order valence-electron chi connectivity index (χ0n) is 9.80. The van der Waals surface area contributed by atoms with Crippen LogP contribution < -0.4 is 10.6 Å². The molecule has 0 aliphatic rings. The smallest absolute Gasteiger partial charge is 0.260 e. The number of amides is 1. The van der Waals surface area contributed by atoms with E-state index in [0.717, 1.165) is 0 Å². The molecule has 2 aromatic rings. The van der Waals surface area contributed by atoms with E-state index in [1.54, 1.807) is 49.6 Å². The zero-order valence-corrected chi connectivity index (χ0v) is 10.6. The van der Waals surface area contributed by atoms with Crippen molar-refractivity contribution in [1.82, 2.24) is 4.98 Å². The van der Waals surface area contributed by atoms with Crippen LogP contribution in [0.4, 0.5) is 11.5 Å². The molecule has 0 spiro atoms. The van der Waals surface area contributed by atoms with Crippen LogP contribution in [-0.4, -0.2) is 17.9 Å². The van der Waals surface area contributed by atoms with E-state index in [0.29, 0.717) is 22.1 Å². The highest BCUT2D eigenvalue weighted by molar-refractivity contribution is 6.34. The van der Waals surface area contributed by atoms with Gasteiger partial charge in [0.1, 0.15) is 0 Å². The first-order valence-electron chi connectivity index (χ1n) is 5.34. The average molecular weight is 262 g/mol. The first kappa shape index (κ1) is 12.4. The Morgan fingerprint density at radius 1 is 1.28 bits per heavy atom. The number of pyridine rings is 1. The van der Waals surface area contributed by atoms with Gasteiger partial charge in [-0.2, -0.15) is 0 Å². The zero-order chi connectivity index (χ0) is 13.1. The topological polar surface area (TPSA) is 59.2 Å². The van der Waals surface area contributed by atoms with E-state index in [1.807, 2.05) is 0 Å². The number of hydrogen-bond donors (Lipinski definition) is 1. The highest BCUT2D eigenvalue weighted by Crippen LogP contribution is 2.22. The fourth-order valence-electron chi connectivity index (χ4n) is 1.60. The van der Waals surface area contributed by atoms with Crippen molar-refractivity contribution < 1.29 is 4.79 Å². The summed E-state index contributed by atoms with van der Waals surface area (Å²) in [5, 5.41) is 0.406. The Morgan fingerprint density at radius 2 is 2.00 bits per heavy atom. The van der Waals surface area contributed by atoms with Crippen molar-refractivity contribution >= 4 is 29.0 Å². The fraction of sp³-hybridized carbons (Fsp3) is 0.0769. The summed E-state index contributed by atoms with van der Waals surface area (Å²) in [6.07, 6.45) is 1.59. The number of nitrogens with zero attached hydrogens (tertiary/aromatic N) is 2. The van der Waals surface area contributed by atoms with Gasteiger partial charge >= 0.3 is 0 Å². The number of hydrogen-bond acceptors (Lipinski definition) is 3. The Kier molecular flexibility index (Phi) is 3.48. The second kappa shape index (κ2) is 5.06. The molecule has 1 heterocycles. The number of benzene rings is 1. The predicted octanol–water partition coefficient (Wildman–Crippen LogP) is 2.59. The second-order valence-electron chi connectivity index (χ2n) is 3.76. The average Bonchev–Trinajstić information content (AvgIpc) is 2.38. The van der Waals surface area contributed by atoms with Gasteiger partial charge < -0.3 is 5.73 Å². The number of rotatable bonds is 2. The predicted molar refractivity (Wildman–Crippen MR) is 72.8 cm³/mol. The molecular weight excluding hydrogens is 250 g/mol. The van der Waals surface area contributed by atoms with Crippen molar-refractivity contribution in [2.75, 3.05) is 17.7 Å². The van der Waals surface area contributed by atoms with Gasteiger partial charge in [-0.05, 0) is 24.3 Å². The van der Waals surface area contributed by atoms with Crippen LogP contribution in [0.25, 0.3) is 0 Å². The lowest BCUT2D eigenvalue weighted by Crippen LogP contribution is -2.28. The standard InChI is InChI=1S/C13H12ClN3O/c1-17(12-11(15)7-4-8-16-12)13(18)9-5-2-3-6-10(9)14/h2-8H,15H2,1H3. The SMILES string of the molecule is CN(C(=O)c1ccccc1Cl)c1ncccc1N.